The molecular weight excluding hydrogens is 367 g/mol. The first kappa shape index (κ1) is 17.8. The Kier molecular flexibility index (Phi) is 4.79. The molecule has 3 aromatic rings. The van der Waals surface area contributed by atoms with Crippen molar-refractivity contribution in [2.75, 3.05) is 7.11 Å². The molecule has 0 saturated carbocycles. The van der Waals surface area contributed by atoms with Crippen LogP contribution in [0.15, 0.2) is 52.7 Å². The molecule has 130 valence electrons. The molecule has 0 fully saturated rings. The van der Waals surface area contributed by atoms with Gasteiger partial charge in [0.2, 0.25) is 5.69 Å². The Balaban J connectivity index is 2.01. The lowest BCUT2D eigenvalue weighted by atomic mass is 10.1. The average Bonchev–Trinajstić information content (AvgIpc) is 2.89. The Hall–Kier alpha value is -1.99. The number of aromatic nitrogens is 1. The molecule has 0 spiro atoms. The van der Waals surface area contributed by atoms with Crippen LogP contribution in [0.5, 0.6) is 5.75 Å². The second kappa shape index (κ2) is 6.72. The summed E-state index contributed by atoms with van der Waals surface area (Å²) in [6, 6.07) is 12.7. The van der Waals surface area contributed by atoms with E-state index in [9.17, 15) is 13.2 Å². The summed E-state index contributed by atoms with van der Waals surface area (Å²) in [5.74, 6) is 0.755. The SMILES string of the molecule is COc1ccc(-c2c(S)sc(-c3ccc(C(F)(F)F)cc3)[n+]2C)cc1. The highest BCUT2D eigenvalue weighted by molar-refractivity contribution is 7.83. The predicted octanol–water partition coefficient (Wildman–Crippen LogP) is 5.22. The summed E-state index contributed by atoms with van der Waals surface area (Å²) in [4.78, 5) is 0. The van der Waals surface area contributed by atoms with Gasteiger partial charge in [-0.05, 0) is 48.5 Å². The molecule has 0 aliphatic heterocycles. The first-order valence-electron chi connectivity index (χ1n) is 7.35. The van der Waals surface area contributed by atoms with Crippen LogP contribution in [-0.2, 0) is 13.2 Å². The summed E-state index contributed by atoms with van der Waals surface area (Å²) < 4.78 is 46.1. The lowest BCUT2D eigenvalue weighted by Gasteiger charge is -2.06. The fourth-order valence-electron chi connectivity index (χ4n) is 2.57. The number of thiazole rings is 1. The first-order valence-corrected chi connectivity index (χ1v) is 8.61. The molecule has 0 aliphatic carbocycles. The van der Waals surface area contributed by atoms with E-state index in [0.717, 1.165) is 43.9 Å². The van der Waals surface area contributed by atoms with E-state index in [4.69, 9.17) is 4.74 Å². The van der Waals surface area contributed by atoms with E-state index >= 15 is 0 Å². The highest BCUT2D eigenvalue weighted by atomic mass is 32.2. The van der Waals surface area contributed by atoms with Gasteiger partial charge in [-0.15, -0.1) is 12.6 Å². The van der Waals surface area contributed by atoms with Gasteiger partial charge in [-0.1, -0.05) is 11.3 Å². The smallest absolute Gasteiger partial charge is 0.416 e. The van der Waals surface area contributed by atoms with Crippen molar-refractivity contribution in [1.82, 2.24) is 0 Å². The van der Waals surface area contributed by atoms with Crippen molar-refractivity contribution in [3.8, 4) is 27.6 Å². The van der Waals surface area contributed by atoms with Gasteiger partial charge in [0.15, 0.2) is 0 Å². The zero-order valence-corrected chi connectivity index (χ0v) is 15.2. The highest BCUT2D eigenvalue weighted by Gasteiger charge is 2.31. The van der Waals surface area contributed by atoms with Crippen LogP contribution in [0.4, 0.5) is 13.2 Å². The lowest BCUT2D eigenvalue weighted by Crippen LogP contribution is -2.30. The van der Waals surface area contributed by atoms with Gasteiger partial charge < -0.3 is 4.74 Å². The van der Waals surface area contributed by atoms with E-state index < -0.39 is 11.7 Å². The maximum absolute atomic E-state index is 12.7. The minimum atomic E-state index is -4.33. The number of methoxy groups -OCH3 is 1. The molecule has 2 nitrogen and oxygen atoms in total. The van der Waals surface area contributed by atoms with Crippen LogP contribution in [0.3, 0.4) is 0 Å². The van der Waals surface area contributed by atoms with Gasteiger partial charge in [0, 0.05) is 5.56 Å². The third-order valence-corrected chi connectivity index (χ3v) is 5.43. The number of hydrogen-bond acceptors (Lipinski definition) is 3. The summed E-state index contributed by atoms with van der Waals surface area (Å²) in [6.07, 6.45) is -4.33. The van der Waals surface area contributed by atoms with E-state index in [1.165, 1.54) is 23.5 Å². The molecule has 0 radical (unpaired) electrons. The molecule has 0 atom stereocenters. The van der Waals surface area contributed by atoms with E-state index in [0.29, 0.717) is 0 Å². The Morgan fingerprint density at radius 1 is 0.960 bits per heavy atom. The summed E-state index contributed by atoms with van der Waals surface area (Å²) in [5.41, 5.74) is 1.93. The van der Waals surface area contributed by atoms with Crippen LogP contribution in [-0.4, -0.2) is 7.11 Å². The molecule has 0 N–H and O–H groups in total. The number of benzene rings is 2. The van der Waals surface area contributed by atoms with Gasteiger partial charge in [0.1, 0.15) is 17.0 Å². The van der Waals surface area contributed by atoms with E-state index in [-0.39, 0.29) is 0 Å². The Morgan fingerprint density at radius 2 is 1.52 bits per heavy atom. The molecule has 0 aliphatic rings. The fraction of sp³-hybridized carbons (Fsp3) is 0.167. The molecule has 2 aromatic carbocycles. The third kappa shape index (κ3) is 3.52. The zero-order valence-electron chi connectivity index (χ0n) is 13.5. The zero-order chi connectivity index (χ0) is 18.2. The van der Waals surface area contributed by atoms with Crippen LogP contribution < -0.4 is 9.30 Å². The third-order valence-electron chi connectivity index (χ3n) is 3.86. The Morgan fingerprint density at radius 3 is 2.04 bits per heavy atom. The van der Waals surface area contributed by atoms with Gasteiger partial charge in [0.05, 0.1) is 18.2 Å². The maximum atomic E-state index is 12.7. The molecule has 0 bridgehead atoms. The Bertz CT molecular complexity index is 884. The number of hydrogen-bond donors (Lipinski definition) is 1. The van der Waals surface area contributed by atoms with Crippen LogP contribution in [0.1, 0.15) is 5.56 Å². The maximum Gasteiger partial charge on any atom is 0.416 e. The number of nitrogens with zero attached hydrogens (tertiary/aromatic N) is 1. The van der Waals surface area contributed by atoms with Crippen molar-refractivity contribution in [3.63, 3.8) is 0 Å². The minimum absolute atomic E-state index is 0.656. The molecule has 0 saturated heterocycles. The number of ether oxygens (including phenoxy) is 1. The van der Waals surface area contributed by atoms with Crippen molar-refractivity contribution < 1.29 is 22.5 Å². The minimum Gasteiger partial charge on any atom is -0.497 e. The van der Waals surface area contributed by atoms with Crippen molar-refractivity contribution in [2.24, 2.45) is 7.05 Å². The van der Waals surface area contributed by atoms with Crippen molar-refractivity contribution in [2.45, 2.75) is 10.4 Å². The molecule has 7 heteroatoms. The fourth-order valence-corrected chi connectivity index (χ4v) is 4.13. The van der Waals surface area contributed by atoms with Crippen LogP contribution >= 0.6 is 24.0 Å². The van der Waals surface area contributed by atoms with E-state index in [1.807, 2.05) is 35.9 Å². The number of alkyl halides is 3. The second-order valence-electron chi connectivity index (χ2n) is 5.42. The quantitative estimate of drug-likeness (QED) is 0.484. The lowest BCUT2D eigenvalue weighted by molar-refractivity contribution is -0.646. The predicted molar refractivity (Wildman–Crippen MR) is 95.2 cm³/mol. The standard InChI is InChI=1S/C18H14F3NOS2/c1-22-15(11-5-9-14(23-2)10-6-11)17(24)25-16(22)12-3-7-13(8-4-12)18(19,20)21/h3-10H,1-2H3/p+1. The van der Waals surface area contributed by atoms with Crippen molar-refractivity contribution in [1.29, 1.82) is 0 Å². The van der Waals surface area contributed by atoms with E-state index in [2.05, 4.69) is 12.6 Å². The van der Waals surface area contributed by atoms with Crippen LogP contribution in [0.2, 0.25) is 0 Å². The van der Waals surface area contributed by atoms with Crippen molar-refractivity contribution in [3.05, 3.63) is 54.1 Å². The molecule has 0 amide bonds. The molecular formula is C18H15F3NOS2+. The number of rotatable bonds is 3. The second-order valence-corrected chi connectivity index (χ2v) is 7.17. The molecule has 1 heterocycles. The van der Waals surface area contributed by atoms with Gasteiger partial charge in [-0.25, -0.2) is 0 Å². The number of halogens is 3. The molecule has 0 unspecified atom stereocenters. The van der Waals surface area contributed by atoms with Gasteiger partial charge in [-0.3, -0.25) is 0 Å². The van der Waals surface area contributed by atoms with E-state index in [1.54, 1.807) is 7.11 Å². The van der Waals surface area contributed by atoms with Crippen LogP contribution in [0, 0.1) is 0 Å². The first-order chi connectivity index (χ1) is 11.8. The molecule has 3 rings (SSSR count). The van der Waals surface area contributed by atoms with Crippen molar-refractivity contribution >= 4 is 24.0 Å². The topological polar surface area (TPSA) is 13.1 Å². The van der Waals surface area contributed by atoms with Gasteiger partial charge >= 0.3 is 6.18 Å². The molecule has 25 heavy (non-hydrogen) atoms. The summed E-state index contributed by atoms with van der Waals surface area (Å²) in [5, 5.41) is 0.838. The van der Waals surface area contributed by atoms with Crippen LogP contribution in [0.25, 0.3) is 21.8 Å². The largest absolute Gasteiger partial charge is 0.497 e. The normalized spacial score (nSPS) is 11.6. The Labute approximate surface area is 152 Å². The average molecular weight is 382 g/mol. The highest BCUT2D eigenvalue weighted by Crippen LogP contribution is 2.36. The van der Waals surface area contributed by atoms with Gasteiger partial charge in [-0.2, -0.15) is 17.7 Å². The molecule has 1 aromatic heterocycles. The monoisotopic (exact) mass is 382 g/mol. The summed E-state index contributed by atoms with van der Waals surface area (Å²) in [7, 11) is 3.48. The van der Waals surface area contributed by atoms with Gasteiger partial charge in [0.25, 0.3) is 5.01 Å². The summed E-state index contributed by atoms with van der Waals surface area (Å²) in [6.45, 7) is 0. The number of thiol groups is 1. The summed E-state index contributed by atoms with van der Waals surface area (Å²) >= 11 is 5.98.